The van der Waals surface area contributed by atoms with Crippen LogP contribution in [0.4, 0.5) is 0 Å². The quantitative estimate of drug-likeness (QED) is 0.895. The molecule has 2 N–H and O–H groups in total. The summed E-state index contributed by atoms with van der Waals surface area (Å²) < 4.78 is 32.9. The molecule has 1 fully saturated rings. The predicted molar refractivity (Wildman–Crippen MR) is 91.3 cm³/mol. The molecule has 126 valence electrons. The maximum Gasteiger partial charge on any atom is 0.243 e. The van der Waals surface area contributed by atoms with Crippen LogP contribution in [-0.2, 0) is 14.8 Å². The zero-order valence-corrected chi connectivity index (χ0v) is 14.4. The molecular formula is C15H20ClN3O3S. The number of ether oxygens (including phenoxy) is 1. The Kier molecular flexibility index (Phi) is 5.59. The molecule has 1 aliphatic heterocycles. The van der Waals surface area contributed by atoms with Crippen molar-refractivity contribution in [2.45, 2.75) is 17.9 Å². The summed E-state index contributed by atoms with van der Waals surface area (Å²) >= 11 is 0. The van der Waals surface area contributed by atoms with E-state index >= 15 is 0 Å². The number of nitrogens with two attached hydrogens (primary N) is 1. The molecule has 1 aliphatic rings. The van der Waals surface area contributed by atoms with Gasteiger partial charge in [-0.25, -0.2) is 8.42 Å². The Morgan fingerprint density at radius 2 is 2.17 bits per heavy atom. The van der Waals surface area contributed by atoms with Crippen LogP contribution in [0.3, 0.4) is 0 Å². The third-order valence-electron chi connectivity index (χ3n) is 3.91. The summed E-state index contributed by atoms with van der Waals surface area (Å²) in [7, 11) is -3.59. The molecule has 2 aromatic rings. The molecule has 1 atom stereocenters. The molecule has 0 bridgehead atoms. The first-order chi connectivity index (χ1) is 10.5. The summed E-state index contributed by atoms with van der Waals surface area (Å²) in [5.74, 6) is 0. The van der Waals surface area contributed by atoms with Gasteiger partial charge in [0, 0.05) is 31.2 Å². The van der Waals surface area contributed by atoms with E-state index in [2.05, 4.69) is 4.98 Å². The molecule has 0 radical (unpaired) electrons. The molecule has 2 heterocycles. The standard InChI is InChI=1S/C15H19N3O3S.ClH/c1-11-4-5-14(13-3-2-6-17-15(11)13)22(19,20)18-7-8-21-12(9-16)10-18;/h2-6,12H,7-10,16H2,1H3;1H. The zero-order chi connectivity index (χ0) is 15.7. The van der Waals surface area contributed by atoms with Gasteiger partial charge in [0.2, 0.25) is 10.0 Å². The van der Waals surface area contributed by atoms with Crippen LogP contribution in [0.15, 0.2) is 35.4 Å². The van der Waals surface area contributed by atoms with E-state index in [9.17, 15) is 8.42 Å². The van der Waals surface area contributed by atoms with E-state index in [0.717, 1.165) is 5.56 Å². The smallest absolute Gasteiger partial charge is 0.243 e. The van der Waals surface area contributed by atoms with Crippen LogP contribution in [0.25, 0.3) is 10.9 Å². The number of aryl methyl sites for hydroxylation is 1. The average molecular weight is 358 g/mol. The maximum absolute atomic E-state index is 13.0. The molecule has 0 aliphatic carbocycles. The first-order valence-corrected chi connectivity index (χ1v) is 8.64. The van der Waals surface area contributed by atoms with E-state index in [1.54, 1.807) is 30.5 Å². The van der Waals surface area contributed by atoms with Gasteiger partial charge in [0.15, 0.2) is 0 Å². The van der Waals surface area contributed by atoms with Gasteiger partial charge in [-0.3, -0.25) is 4.98 Å². The van der Waals surface area contributed by atoms with Crippen molar-refractivity contribution in [1.82, 2.24) is 9.29 Å². The van der Waals surface area contributed by atoms with Gasteiger partial charge in [-0.05, 0) is 30.7 Å². The molecule has 3 rings (SSSR count). The Morgan fingerprint density at radius 1 is 1.39 bits per heavy atom. The molecule has 0 saturated carbocycles. The number of hydrogen-bond donors (Lipinski definition) is 1. The molecule has 0 spiro atoms. The van der Waals surface area contributed by atoms with Crippen molar-refractivity contribution in [3.63, 3.8) is 0 Å². The minimum Gasteiger partial charge on any atom is -0.374 e. The van der Waals surface area contributed by atoms with Gasteiger partial charge in [-0.1, -0.05) is 6.07 Å². The van der Waals surface area contributed by atoms with E-state index in [1.165, 1.54) is 4.31 Å². The minimum atomic E-state index is -3.59. The molecule has 6 nitrogen and oxygen atoms in total. The van der Waals surface area contributed by atoms with E-state index in [1.807, 2.05) is 6.92 Å². The fourth-order valence-corrected chi connectivity index (χ4v) is 4.34. The summed E-state index contributed by atoms with van der Waals surface area (Å²) in [6.07, 6.45) is 1.42. The molecule has 1 aromatic heterocycles. The first-order valence-electron chi connectivity index (χ1n) is 7.20. The summed E-state index contributed by atoms with van der Waals surface area (Å²) in [6.45, 7) is 3.22. The molecule has 1 aromatic carbocycles. The Balaban J connectivity index is 0.00000192. The van der Waals surface area contributed by atoms with E-state index in [-0.39, 0.29) is 25.1 Å². The van der Waals surface area contributed by atoms with Gasteiger partial charge in [-0.2, -0.15) is 4.31 Å². The van der Waals surface area contributed by atoms with Crippen molar-refractivity contribution < 1.29 is 13.2 Å². The van der Waals surface area contributed by atoms with E-state index in [0.29, 0.717) is 35.5 Å². The number of rotatable bonds is 3. The van der Waals surface area contributed by atoms with Crippen LogP contribution in [-0.4, -0.2) is 50.1 Å². The van der Waals surface area contributed by atoms with Crippen LogP contribution in [0, 0.1) is 6.92 Å². The van der Waals surface area contributed by atoms with E-state index < -0.39 is 10.0 Å². The fraction of sp³-hybridized carbons (Fsp3) is 0.400. The third-order valence-corrected chi connectivity index (χ3v) is 5.84. The van der Waals surface area contributed by atoms with Gasteiger partial charge in [0.05, 0.1) is 23.1 Å². The maximum atomic E-state index is 13.0. The number of aromatic nitrogens is 1. The highest BCUT2D eigenvalue weighted by atomic mass is 35.5. The molecule has 1 unspecified atom stereocenters. The topological polar surface area (TPSA) is 85.5 Å². The zero-order valence-electron chi connectivity index (χ0n) is 12.8. The molecule has 8 heteroatoms. The monoisotopic (exact) mass is 357 g/mol. The van der Waals surface area contributed by atoms with Gasteiger partial charge in [-0.15, -0.1) is 12.4 Å². The first kappa shape index (κ1) is 18.1. The van der Waals surface area contributed by atoms with Crippen molar-refractivity contribution in [2.75, 3.05) is 26.2 Å². The Hall–Kier alpha value is -1.25. The van der Waals surface area contributed by atoms with Crippen LogP contribution < -0.4 is 5.73 Å². The summed E-state index contributed by atoms with van der Waals surface area (Å²) in [5.41, 5.74) is 7.27. The van der Waals surface area contributed by atoms with Gasteiger partial charge < -0.3 is 10.5 Å². The fourth-order valence-electron chi connectivity index (χ4n) is 2.70. The number of benzene rings is 1. The average Bonchev–Trinajstić information content (AvgIpc) is 2.55. The van der Waals surface area contributed by atoms with E-state index in [4.69, 9.17) is 10.5 Å². The number of hydrogen-bond acceptors (Lipinski definition) is 5. The highest BCUT2D eigenvalue weighted by Crippen LogP contribution is 2.27. The second-order valence-electron chi connectivity index (χ2n) is 5.37. The van der Waals surface area contributed by atoms with Crippen LogP contribution in [0.1, 0.15) is 5.56 Å². The Morgan fingerprint density at radius 3 is 2.91 bits per heavy atom. The number of pyridine rings is 1. The molecular weight excluding hydrogens is 338 g/mol. The number of halogens is 1. The predicted octanol–water partition coefficient (Wildman–Crippen LogP) is 1.31. The van der Waals surface area contributed by atoms with Crippen molar-refractivity contribution in [2.24, 2.45) is 5.73 Å². The lowest BCUT2D eigenvalue weighted by Gasteiger charge is -2.31. The third kappa shape index (κ3) is 3.34. The van der Waals surface area contributed by atoms with Crippen LogP contribution in [0.2, 0.25) is 0 Å². The highest BCUT2D eigenvalue weighted by molar-refractivity contribution is 7.89. The van der Waals surface area contributed by atoms with Gasteiger partial charge >= 0.3 is 0 Å². The molecule has 0 amide bonds. The largest absolute Gasteiger partial charge is 0.374 e. The second kappa shape index (κ2) is 7.11. The SMILES string of the molecule is Cc1ccc(S(=O)(=O)N2CCOC(CN)C2)c2cccnc12.Cl. The lowest BCUT2D eigenvalue weighted by atomic mass is 10.1. The van der Waals surface area contributed by atoms with Crippen molar-refractivity contribution >= 4 is 33.3 Å². The Bertz CT molecular complexity index is 798. The van der Waals surface area contributed by atoms with Crippen LogP contribution in [0.5, 0.6) is 0 Å². The normalized spacial score (nSPS) is 19.5. The van der Waals surface area contributed by atoms with Crippen LogP contribution >= 0.6 is 12.4 Å². The van der Waals surface area contributed by atoms with Crippen molar-refractivity contribution in [3.05, 3.63) is 36.0 Å². The second-order valence-corrected chi connectivity index (χ2v) is 7.28. The molecule has 1 saturated heterocycles. The Labute approximate surface area is 142 Å². The van der Waals surface area contributed by atoms with Gasteiger partial charge in [0.1, 0.15) is 0 Å². The lowest BCUT2D eigenvalue weighted by molar-refractivity contribution is 0.00453. The number of sulfonamides is 1. The number of fused-ring (bicyclic) bond motifs is 1. The van der Waals surface area contributed by atoms with Crippen molar-refractivity contribution in [1.29, 1.82) is 0 Å². The summed E-state index contributed by atoms with van der Waals surface area (Å²) in [4.78, 5) is 4.59. The number of morpholine rings is 1. The van der Waals surface area contributed by atoms with Gasteiger partial charge in [0.25, 0.3) is 0 Å². The van der Waals surface area contributed by atoms with Crippen molar-refractivity contribution in [3.8, 4) is 0 Å². The molecule has 23 heavy (non-hydrogen) atoms. The lowest BCUT2D eigenvalue weighted by Crippen LogP contribution is -2.48. The number of nitrogens with zero attached hydrogens (tertiary/aromatic N) is 2. The highest BCUT2D eigenvalue weighted by Gasteiger charge is 2.31. The minimum absolute atomic E-state index is 0. The summed E-state index contributed by atoms with van der Waals surface area (Å²) in [6, 6.07) is 7.00. The summed E-state index contributed by atoms with van der Waals surface area (Å²) in [5, 5.41) is 0.651.